The smallest absolute Gasteiger partial charge is 0.0717 e. The number of rotatable bonds is 3. The highest BCUT2D eigenvalue weighted by Gasteiger charge is 2.21. The van der Waals surface area contributed by atoms with Crippen molar-refractivity contribution in [3.63, 3.8) is 0 Å². The number of ether oxygens (including phenoxy) is 1. The first-order chi connectivity index (χ1) is 5.88. The second kappa shape index (κ2) is 5.18. The molecule has 1 N–H and O–H groups in total. The van der Waals surface area contributed by atoms with Gasteiger partial charge in [-0.3, -0.25) is 0 Å². The van der Waals surface area contributed by atoms with Gasteiger partial charge in [-0.1, -0.05) is 12.8 Å². The van der Waals surface area contributed by atoms with Crippen LogP contribution in [0.2, 0.25) is 0 Å². The molecule has 1 aliphatic heterocycles. The van der Waals surface area contributed by atoms with Gasteiger partial charge in [0.15, 0.2) is 0 Å². The molecule has 0 saturated carbocycles. The van der Waals surface area contributed by atoms with E-state index < -0.39 is 0 Å². The first-order valence-electron chi connectivity index (χ1n) is 4.65. The van der Waals surface area contributed by atoms with Crippen molar-refractivity contribution in [1.29, 1.82) is 0 Å². The third kappa shape index (κ3) is 2.51. The van der Waals surface area contributed by atoms with Crippen molar-refractivity contribution in [3.8, 4) is 12.3 Å². The Bertz CT molecular complexity index is 156. The largest absolute Gasteiger partial charge is 0.381 e. The Labute approximate surface area is 74.7 Å². The molecule has 0 aromatic rings. The minimum Gasteiger partial charge on any atom is -0.381 e. The highest BCUT2D eigenvalue weighted by molar-refractivity contribution is 5.02. The van der Waals surface area contributed by atoms with Crippen LogP contribution in [0.15, 0.2) is 0 Å². The van der Waals surface area contributed by atoms with Crippen LogP contribution in [0.1, 0.15) is 19.8 Å². The van der Waals surface area contributed by atoms with Crippen molar-refractivity contribution in [2.45, 2.75) is 25.8 Å². The average molecular weight is 167 g/mol. The lowest BCUT2D eigenvalue weighted by Gasteiger charge is -2.27. The summed E-state index contributed by atoms with van der Waals surface area (Å²) in [4.78, 5) is 0. The van der Waals surface area contributed by atoms with Gasteiger partial charge in [0.2, 0.25) is 0 Å². The molecular formula is C10H17NO. The third-order valence-electron chi connectivity index (χ3n) is 2.34. The maximum Gasteiger partial charge on any atom is 0.0717 e. The van der Waals surface area contributed by atoms with E-state index >= 15 is 0 Å². The zero-order valence-electron chi connectivity index (χ0n) is 7.68. The van der Waals surface area contributed by atoms with Crippen molar-refractivity contribution in [2.75, 3.05) is 19.8 Å². The van der Waals surface area contributed by atoms with Crippen molar-refractivity contribution in [1.82, 2.24) is 5.32 Å². The van der Waals surface area contributed by atoms with Gasteiger partial charge in [0, 0.05) is 13.2 Å². The summed E-state index contributed by atoms with van der Waals surface area (Å²) in [7, 11) is 0. The predicted octanol–water partition coefficient (Wildman–Crippen LogP) is 1.02. The molecular weight excluding hydrogens is 150 g/mol. The van der Waals surface area contributed by atoms with Gasteiger partial charge in [0.05, 0.1) is 6.04 Å². The molecule has 1 aliphatic rings. The standard InChI is InChI=1S/C10H17NO/c1-3-10(11-4-2)9-5-7-12-8-6-9/h1,9-11H,4-8H2,2H3. The van der Waals surface area contributed by atoms with Gasteiger partial charge in [0.25, 0.3) is 0 Å². The maximum atomic E-state index is 5.44. The van der Waals surface area contributed by atoms with Crippen LogP contribution in [0, 0.1) is 18.3 Å². The molecule has 12 heavy (non-hydrogen) atoms. The maximum absolute atomic E-state index is 5.44. The Morgan fingerprint density at radius 2 is 2.25 bits per heavy atom. The van der Waals surface area contributed by atoms with E-state index in [1.807, 2.05) is 0 Å². The van der Waals surface area contributed by atoms with Crippen LogP contribution >= 0.6 is 0 Å². The third-order valence-corrected chi connectivity index (χ3v) is 2.34. The highest BCUT2D eigenvalue weighted by atomic mass is 16.5. The summed E-state index contributed by atoms with van der Waals surface area (Å²) in [5.74, 6) is 3.42. The van der Waals surface area contributed by atoms with Gasteiger partial charge < -0.3 is 10.1 Å². The van der Waals surface area contributed by atoms with Gasteiger partial charge in [-0.15, -0.1) is 6.42 Å². The van der Waals surface area contributed by atoms with E-state index in [0.29, 0.717) is 5.92 Å². The Kier molecular flexibility index (Phi) is 4.13. The molecule has 1 fully saturated rings. The van der Waals surface area contributed by atoms with Crippen molar-refractivity contribution in [2.24, 2.45) is 5.92 Å². The van der Waals surface area contributed by atoms with Crippen molar-refractivity contribution < 1.29 is 4.74 Å². The summed E-state index contributed by atoms with van der Waals surface area (Å²) < 4.78 is 5.28. The summed E-state index contributed by atoms with van der Waals surface area (Å²) in [6.07, 6.45) is 7.63. The van der Waals surface area contributed by atoms with E-state index in [4.69, 9.17) is 11.2 Å². The Hall–Kier alpha value is -0.520. The fraction of sp³-hybridized carbons (Fsp3) is 0.800. The molecule has 0 aliphatic carbocycles. The van der Waals surface area contributed by atoms with E-state index in [1.165, 1.54) is 0 Å². The molecule has 2 nitrogen and oxygen atoms in total. The number of hydrogen-bond acceptors (Lipinski definition) is 2. The summed E-state index contributed by atoms with van der Waals surface area (Å²) in [5, 5.41) is 3.31. The molecule has 1 rings (SSSR count). The minimum atomic E-state index is 0.249. The van der Waals surface area contributed by atoms with E-state index in [2.05, 4.69) is 18.2 Å². The fourth-order valence-corrected chi connectivity index (χ4v) is 1.63. The van der Waals surface area contributed by atoms with Gasteiger partial charge in [-0.05, 0) is 25.3 Å². The Morgan fingerprint density at radius 1 is 1.58 bits per heavy atom. The quantitative estimate of drug-likeness (QED) is 0.634. The van der Waals surface area contributed by atoms with Gasteiger partial charge in [-0.25, -0.2) is 0 Å². The predicted molar refractivity (Wildman–Crippen MR) is 49.8 cm³/mol. The fourth-order valence-electron chi connectivity index (χ4n) is 1.63. The number of hydrogen-bond donors (Lipinski definition) is 1. The van der Waals surface area contributed by atoms with E-state index in [0.717, 1.165) is 32.6 Å². The van der Waals surface area contributed by atoms with Crippen LogP contribution in [0.4, 0.5) is 0 Å². The molecule has 1 heterocycles. The SMILES string of the molecule is C#CC(NCC)C1CCOCC1. The van der Waals surface area contributed by atoms with Gasteiger partial charge in [-0.2, -0.15) is 0 Å². The van der Waals surface area contributed by atoms with Crippen molar-refractivity contribution >= 4 is 0 Å². The number of terminal acetylenes is 1. The molecule has 68 valence electrons. The summed E-state index contributed by atoms with van der Waals surface area (Å²) in [5.41, 5.74) is 0. The summed E-state index contributed by atoms with van der Waals surface area (Å²) >= 11 is 0. The van der Waals surface area contributed by atoms with E-state index in [-0.39, 0.29) is 6.04 Å². The normalized spacial score (nSPS) is 21.7. The van der Waals surface area contributed by atoms with Crippen LogP contribution in [-0.4, -0.2) is 25.8 Å². The molecule has 1 unspecified atom stereocenters. The highest BCUT2D eigenvalue weighted by Crippen LogP contribution is 2.18. The molecule has 0 aromatic carbocycles. The Morgan fingerprint density at radius 3 is 2.75 bits per heavy atom. The van der Waals surface area contributed by atoms with Crippen LogP contribution < -0.4 is 5.32 Å². The van der Waals surface area contributed by atoms with Crippen LogP contribution in [0.3, 0.4) is 0 Å². The Balaban J connectivity index is 2.36. The molecule has 0 radical (unpaired) electrons. The minimum absolute atomic E-state index is 0.249. The molecule has 0 amide bonds. The summed E-state index contributed by atoms with van der Waals surface area (Å²) in [6, 6.07) is 0.249. The first kappa shape index (κ1) is 9.57. The van der Waals surface area contributed by atoms with Crippen molar-refractivity contribution in [3.05, 3.63) is 0 Å². The second-order valence-electron chi connectivity index (χ2n) is 3.15. The van der Waals surface area contributed by atoms with E-state index in [1.54, 1.807) is 0 Å². The molecule has 1 atom stereocenters. The van der Waals surface area contributed by atoms with Crippen LogP contribution in [0.25, 0.3) is 0 Å². The topological polar surface area (TPSA) is 21.3 Å². The van der Waals surface area contributed by atoms with Gasteiger partial charge >= 0.3 is 0 Å². The average Bonchev–Trinajstić information content (AvgIpc) is 2.15. The lowest BCUT2D eigenvalue weighted by atomic mass is 9.92. The molecule has 0 aromatic heterocycles. The van der Waals surface area contributed by atoms with E-state index in [9.17, 15) is 0 Å². The lowest BCUT2D eigenvalue weighted by molar-refractivity contribution is 0.0603. The molecule has 0 bridgehead atoms. The van der Waals surface area contributed by atoms with Crippen LogP contribution in [-0.2, 0) is 4.74 Å². The zero-order valence-corrected chi connectivity index (χ0v) is 7.68. The number of nitrogens with one attached hydrogen (secondary N) is 1. The zero-order chi connectivity index (χ0) is 8.81. The molecule has 2 heteroatoms. The van der Waals surface area contributed by atoms with Gasteiger partial charge in [0.1, 0.15) is 0 Å². The monoisotopic (exact) mass is 167 g/mol. The van der Waals surface area contributed by atoms with Crippen LogP contribution in [0.5, 0.6) is 0 Å². The lowest BCUT2D eigenvalue weighted by Crippen LogP contribution is -2.37. The first-order valence-corrected chi connectivity index (χ1v) is 4.65. The summed E-state index contributed by atoms with van der Waals surface area (Å²) in [6.45, 7) is 4.78. The molecule has 0 spiro atoms. The molecule has 1 saturated heterocycles. The second-order valence-corrected chi connectivity index (χ2v) is 3.15.